The van der Waals surface area contributed by atoms with Crippen molar-refractivity contribution in [1.82, 2.24) is 10.3 Å². The number of ether oxygens (including phenoxy) is 1. The van der Waals surface area contributed by atoms with Gasteiger partial charge in [-0.3, -0.25) is 0 Å². The molecule has 2 aromatic rings. The van der Waals surface area contributed by atoms with E-state index in [4.69, 9.17) is 9.15 Å². The van der Waals surface area contributed by atoms with Crippen molar-refractivity contribution in [3.05, 3.63) is 29.2 Å². The van der Waals surface area contributed by atoms with Gasteiger partial charge in [0.25, 0.3) is 0 Å². The first-order valence-corrected chi connectivity index (χ1v) is 7.17. The number of hydrogen-bond donors (Lipinski definition) is 1. The second-order valence-corrected chi connectivity index (χ2v) is 4.78. The molecule has 6 heteroatoms. The summed E-state index contributed by atoms with van der Waals surface area (Å²) in [7, 11) is 0. The molecule has 0 saturated carbocycles. The number of nitrogens with one attached hydrogen (secondary N) is 1. The van der Waals surface area contributed by atoms with Crippen molar-refractivity contribution >= 4 is 11.1 Å². The maximum atomic E-state index is 13.8. The second-order valence-electron chi connectivity index (χ2n) is 4.78. The summed E-state index contributed by atoms with van der Waals surface area (Å²) in [5.41, 5.74) is 0.491. The van der Waals surface area contributed by atoms with E-state index in [1.54, 1.807) is 6.92 Å². The van der Waals surface area contributed by atoms with Crippen LogP contribution in [0.3, 0.4) is 0 Å². The fourth-order valence-corrected chi connectivity index (χ4v) is 2.11. The van der Waals surface area contributed by atoms with Gasteiger partial charge in [-0.15, -0.1) is 0 Å². The number of aromatic nitrogens is 1. The molecular formula is C15H22F2N2O2. The summed E-state index contributed by atoms with van der Waals surface area (Å²) in [6.07, 6.45) is 0. The Morgan fingerprint density at radius 1 is 1.33 bits per heavy atom. The number of halogens is 2. The van der Waals surface area contributed by atoms with Crippen molar-refractivity contribution in [3.8, 4) is 0 Å². The highest BCUT2D eigenvalue weighted by molar-refractivity contribution is 5.74. The maximum Gasteiger partial charge on any atom is 0.203 e. The van der Waals surface area contributed by atoms with Gasteiger partial charge in [0.15, 0.2) is 17.3 Å². The van der Waals surface area contributed by atoms with E-state index in [1.807, 2.05) is 13.8 Å². The van der Waals surface area contributed by atoms with Gasteiger partial charge in [-0.25, -0.2) is 9.37 Å². The standard InChI is InChI=1S/C13H14F2N2O2.C2H6.H2/c1-7-17-10-2-9(4-16-3-8-5-18-6-8)11(14)12(15)13(10)19-7;1-2;/h2,8,16H,3-6H2,1H3;1-2H3;1H. The van der Waals surface area contributed by atoms with Crippen molar-refractivity contribution < 1.29 is 19.4 Å². The minimum atomic E-state index is -0.970. The number of nitrogens with zero attached hydrogens (tertiary/aromatic N) is 1. The van der Waals surface area contributed by atoms with Gasteiger partial charge in [0, 0.05) is 32.9 Å². The van der Waals surface area contributed by atoms with Gasteiger partial charge in [0.05, 0.1) is 13.2 Å². The van der Waals surface area contributed by atoms with E-state index in [9.17, 15) is 8.78 Å². The van der Waals surface area contributed by atoms with Gasteiger partial charge in [-0.05, 0) is 6.07 Å². The van der Waals surface area contributed by atoms with Crippen molar-refractivity contribution in [2.45, 2.75) is 27.3 Å². The van der Waals surface area contributed by atoms with Crippen LogP contribution in [-0.4, -0.2) is 24.7 Å². The summed E-state index contributed by atoms with van der Waals surface area (Å²) >= 11 is 0. The molecule has 1 fully saturated rings. The third-order valence-corrected chi connectivity index (χ3v) is 3.20. The summed E-state index contributed by atoms with van der Waals surface area (Å²) in [6, 6.07) is 1.52. The quantitative estimate of drug-likeness (QED) is 0.940. The van der Waals surface area contributed by atoms with Crippen LogP contribution in [0, 0.1) is 24.5 Å². The minimum Gasteiger partial charge on any atom is -0.438 e. The van der Waals surface area contributed by atoms with Crippen LogP contribution < -0.4 is 5.32 Å². The zero-order valence-electron chi connectivity index (χ0n) is 12.5. The fraction of sp³-hybridized carbons (Fsp3) is 0.533. The molecule has 0 aliphatic carbocycles. The van der Waals surface area contributed by atoms with Crippen LogP contribution in [0.5, 0.6) is 0 Å². The van der Waals surface area contributed by atoms with E-state index in [-0.39, 0.29) is 19.1 Å². The van der Waals surface area contributed by atoms with Crippen LogP contribution in [0.4, 0.5) is 8.78 Å². The van der Waals surface area contributed by atoms with E-state index in [0.29, 0.717) is 17.3 Å². The number of benzene rings is 1. The SMILES string of the molecule is CC.Cc1nc2cc(CNCC3COC3)c(F)c(F)c2o1.[HH]. The predicted molar refractivity (Wildman–Crippen MR) is 78.1 cm³/mol. The number of rotatable bonds is 4. The fourth-order valence-electron chi connectivity index (χ4n) is 2.11. The lowest BCUT2D eigenvalue weighted by molar-refractivity contribution is -0.0307. The van der Waals surface area contributed by atoms with Crippen LogP contribution in [0.1, 0.15) is 26.7 Å². The Morgan fingerprint density at radius 3 is 2.67 bits per heavy atom. The van der Waals surface area contributed by atoms with Crippen molar-refractivity contribution in [3.63, 3.8) is 0 Å². The Morgan fingerprint density at radius 2 is 2.05 bits per heavy atom. The topological polar surface area (TPSA) is 47.3 Å². The molecule has 21 heavy (non-hydrogen) atoms. The van der Waals surface area contributed by atoms with E-state index in [0.717, 1.165) is 19.8 Å². The third-order valence-electron chi connectivity index (χ3n) is 3.20. The Kier molecular flexibility index (Phi) is 5.25. The van der Waals surface area contributed by atoms with E-state index < -0.39 is 11.6 Å². The second kappa shape index (κ2) is 6.95. The molecule has 1 N–H and O–H groups in total. The summed E-state index contributed by atoms with van der Waals surface area (Å²) in [5, 5.41) is 3.10. The largest absolute Gasteiger partial charge is 0.438 e. The molecule has 1 saturated heterocycles. The summed E-state index contributed by atoms with van der Waals surface area (Å²) in [4.78, 5) is 4.03. The average molecular weight is 300 g/mol. The molecule has 118 valence electrons. The Labute approximate surface area is 124 Å². The maximum absolute atomic E-state index is 13.8. The molecule has 4 nitrogen and oxygen atoms in total. The highest BCUT2D eigenvalue weighted by Gasteiger charge is 2.20. The molecule has 0 unspecified atom stereocenters. The van der Waals surface area contributed by atoms with Gasteiger partial charge < -0.3 is 14.5 Å². The lowest BCUT2D eigenvalue weighted by Gasteiger charge is -2.26. The average Bonchev–Trinajstić information content (AvgIpc) is 2.81. The first kappa shape index (κ1) is 15.9. The first-order valence-electron chi connectivity index (χ1n) is 7.17. The molecule has 2 heterocycles. The van der Waals surface area contributed by atoms with Crippen molar-refractivity contribution in [1.29, 1.82) is 0 Å². The molecule has 0 spiro atoms. The zero-order chi connectivity index (χ0) is 15.4. The molecular weight excluding hydrogens is 278 g/mol. The van der Waals surface area contributed by atoms with Crippen LogP contribution >= 0.6 is 0 Å². The highest BCUT2D eigenvalue weighted by Crippen LogP contribution is 2.24. The van der Waals surface area contributed by atoms with Crippen molar-refractivity contribution in [2.24, 2.45) is 5.92 Å². The molecule has 0 atom stereocenters. The van der Waals surface area contributed by atoms with E-state index in [2.05, 4.69) is 10.3 Å². The Balaban J connectivity index is 0.000000775. The molecule has 0 bridgehead atoms. The number of fused-ring (bicyclic) bond motifs is 1. The number of hydrogen-bond acceptors (Lipinski definition) is 4. The normalized spacial score (nSPS) is 14.7. The predicted octanol–water partition coefficient (Wildman–Crippen LogP) is 3.42. The minimum absolute atomic E-state index is 0. The van der Waals surface area contributed by atoms with Gasteiger partial charge in [0.2, 0.25) is 5.82 Å². The van der Waals surface area contributed by atoms with Crippen LogP contribution in [0.25, 0.3) is 11.1 Å². The molecule has 1 aromatic heterocycles. The zero-order valence-corrected chi connectivity index (χ0v) is 12.5. The first-order chi connectivity index (χ1) is 10.1. The van der Waals surface area contributed by atoms with Crippen molar-refractivity contribution in [2.75, 3.05) is 19.8 Å². The van der Waals surface area contributed by atoms with Crippen LogP contribution in [0.15, 0.2) is 10.5 Å². The summed E-state index contributed by atoms with van der Waals surface area (Å²) < 4.78 is 37.7. The molecule has 1 aliphatic rings. The Bertz CT molecular complexity index is 615. The smallest absolute Gasteiger partial charge is 0.203 e. The lowest BCUT2D eigenvalue weighted by atomic mass is 10.1. The summed E-state index contributed by atoms with van der Waals surface area (Å²) in [6.45, 7) is 8.06. The number of aryl methyl sites for hydroxylation is 1. The monoisotopic (exact) mass is 300 g/mol. The van der Waals surface area contributed by atoms with Crippen LogP contribution in [-0.2, 0) is 11.3 Å². The lowest BCUT2D eigenvalue weighted by Crippen LogP contribution is -2.36. The highest BCUT2D eigenvalue weighted by atomic mass is 19.2. The molecule has 1 aliphatic heterocycles. The molecule has 3 rings (SSSR count). The number of oxazole rings is 1. The van der Waals surface area contributed by atoms with Crippen LogP contribution in [0.2, 0.25) is 0 Å². The molecule has 0 amide bonds. The Hall–Kier alpha value is -1.53. The van der Waals surface area contributed by atoms with E-state index in [1.165, 1.54) is 6.07 Å². The van der Waals surface area contributed by atoms with Gasteiger partial charge in [-0.1, -0.05) is 13.8 Å². The molecule has 1 aromatic carbocycles. The van der Waals surface area contributed by atoms with Gasteiger partial charge in [0.1, 0.15) is 5.52 Å². The van der Waals surface area contributed by atoms with Gasteiger partial charge in [-0.2, -0.15) is 4.39 Å². The molecule has 0 radical (unpaired) electrons. The third kappa shape index (κ3) is 3.39. The van der Waals surface area contributed by atoms with Gasteiger partial charge >= 0.3 is 0 Å². The summed E-state index contributed by atoms with van der Waals surface area (Å²) in [5.74, 6) is -1.06. The van der Waals surface area contributed by atoms with E-state index >= 15 is 0 Å².